The third kappa shape index (κ3) is 4.79. The van der Waals surface area contributed by atoms with Gasteiger partial charge in [-0.05, 0) is 39.0 Å². The number of nitrogens with one attached hydrogen (secondary N) is 1. The maximum absolute atomic E-state index is 12.0. The molecule has 0 radical (unpaired) electrons. The molecule has 2 amide bonds. The van der Waals surface area contributed by atoms with E-state index in [9.17, 15) is 9.59 Å². The normalized spacial score (nSPS) is 10.8. The average molecular weight is 280 g/mol. The first-order valence-corrected chi connectivity index (χ1v) is 6.14. The molecule has 0 aliphatic rings. The largest absolute Gasteiger partial charge is 0.493 e. The van der Waals surface area contributed by atoms with Gasteiger partial charge in [-0.1, -0.05) is 0 Å². The van der Waals surface area contributed by atoms with Crippen molar-refractivity contribution in [2.45, 2.75) is 26.3 Å². The van der Waals surface area contributed by atoms with Crippen molar-refractivity contribution in [1.82, 2.24) is 5.32 Å². The Labute approximate surface area is 118 Å². The van der Waals surface area contributed by atoms with Crippen LogP contribution in [-0.2, 0) is 4.79 Å². The Hall–Kier alpha value is -2.24. The van der Waals surface area contributed by atoms with E-state index in [0.29, 0.717) is 17.1 Å². The fraction of sp³-hybridized carbons (Fsp3) is 0.429. The lowest BCUT2D eigenvalue weighted by Gasteiger charge is -2.21. The van der Waals surface area contributed by atoms with E-state index in [1.165, 1.54) is 7.11 Å². The summed E-state index contributed by atoms with van der Waals surface area (Å²) in [6.45, 7) is 5.44. The lowest BCUT2D eigenvalue weighted by Crippen LogP contribution is -2.40. The van der Waals surface area contributed by atoms with Gasteiger partial charge >= 0.3 is 0 Å². The molecule has 6 nitrogen and oxygen atoms in total. The lowest BCUT2D eigenvalue weighted by molar-refractivity contribution is -0.119. The van der Waals surface area contributed by atoms with E-state index >= 15 is 0 Å². The van der Waals surface area contributed by atoms with Gasteiger partial charge in [0.15, 0.2) is 18.1 Å². The van der Waals surface area contributed by atoms with Crippen LogP contribution in [0.15, 0.2) is 18.2 Å². The van der Waals surface area contributed by atoms with E-state index in [-0.39, 0.29) is 18.1 Å². The molecule has 1 aromatic carbocycles. The predicted octanol–water partition coefficient (Wildman–Crippen LogP) is 1.09. The summed E-state index contributed by atoms with van der Waals surface area (Å²) >= 11 is 0. The molecule has 0 spiro atoms. The number of rotatable bonds is 5. The number of amides is 2. The Balaban J connectivity index is 2.91. The molecule has 20 heavy (non-hydrogen) atoms. The van der Waals surface area contributed by atoms with Crippen molar-refractivity contribution < 1.29 is 19.1 Å². The molecule has 0 atom stereocenters. The summed E-state index contributed by atoms with van der Waals surface area (Å²) in [6.07, 6.45) is 0. The second kappa shape index (κ2) is 6.27. The molecule has 0 bridgehead atoms. The van der Waals surface area contributed by atoms with E-state index in [1.54, 1.807) is 18.2 Å². The smallest absolute Gasteiger partial charge is 0.255 e. The molecule has 0 aliphatic heterocycles. The highest BCUT2D eigenvalue weighted by atomic mass is 16.5. The summed E-state index contributed by atoms with van der Waals surface area (Å²) in [4.78, 5) is 22.7. The minimum atomic E-state index is -0.582. The van der Waals surface area contributed by atoms with Crippen LogP contribution in [0.2, 0.25) is 0 Å². The number of benzene rings is 1. The standard InChI is InChI=1S/C14H20N2O4/c1-14(2,3)16-13(18)9-5-6-10(11(7-9)19-4)20-8-12(15)17/h5-7H,8H2,1-4H3,(H2,15,17)(H,16,18). The topological polar surface area (TPSA) is 90.7 Å². The van der Waals surface area contributed by atoms with Crippen molar-refractivity contribution >= 4 is 11.8 Å². The quantitative estimate of drug-likeness (QED) is 0.844. The Bertz CT molecular complexity index is 506. The second-order valence-electron chi connectivity index (χ2n) is 5.32. The van der Waals surface area contributed by atoms with Crippen LogP contribution < -0.4 is 20.5 Å². The van der Waals surface area contributed by atoms with Crippen molar-refractivity contribution in [3.05, 3.63) is 23.8 Å². The van der Waals surface area contributed by atoms with Crippen LogP contribution in [0.1, 0.15) is 31.1 Å². The highest BCUT2D eigenvalue weighted by Gasteiger charge is 2.17. The number of carbonyl (C=O) groups is 2. The zero-order valence-corrected chi connectivity index (χ0v) is 12.1. The predicted molar refractivity (Wildman–Crippen MR) is 74.9 cm³/mol. The van der Waals surface area contributed by atoms with Gasteiger partial charge in [0.25, 0.3) is 11.8 Å². The number of carbonyl (C=O) groups excluding carboxylic acids is 2. The monoisotopic (exact) mass is 280 g/mol. The molecule has 0 unspecified atom stereocenters. The molecule has 0 saturated heterocycles. The van der Waals surface area contributed by atoms with E-state index in [1.807, 2.05) is 20.8 Å². The second-order valence-corrected chi connectivity index (χ2v) is 5.32. The third-order valence-corrected chi connectivity index (χ3v) is 2.28. The number of primary amides is 1. The summed E-state index contributed by atoms with van der Waals surface area (Å²) in [6, 6.07) is 4.72. The van der Waals surface area contributed by atoms with Crippen LogP contribution in [0.4, 0.5) is 0 Å². The van der Waals surface area contributed by atoms with Crippen LogP contribution in [0.5, 0.6) is 11.5 Å². The maximum Gasteiger partial charge on any atom is 0.255 e. The van der Waals surface area contributed by atoms with Crippen molar-refractivity contribution in [2.24, 2.45) is 5.73 Å². The van der Waals surface area contributed by atoms with Crippen LogP contribution in [0.25, 0.3) is 0 Å². The first-order chi connectivity index (χ1) is 9.23. The number of hydrogen-bond acceptors (Lipinski definition) is 4. The number of nitrogens with two attached hydrogens (primary N) is 1. The van der Waals surface area contributed by atoms with Crippen LogP contribution >= 0.6 is 0 Å². The van der Waals surface area contributed by atoms with E-state index in [2.05, 4.69) is 5.32 Å². The Morgan fingerprint density at radius 1 is 1.25 bits per heavy atom. The van der Waals surface area contributed by atoms with Crippen molar-refractivity contribution in [3.8, 4) is 11.5 Å². The van der Waals surface area contributed by atoms with Crippen LogP contribution in [-0.4, -0.2) is 31.1 Å². The van der Waals surface area contributed by atoms with Crippen molar-refractivity contribution in [1.29, 1.82) is 0 Å². The van der Waals surface area contributed by atoms with Gasteiger partial charge in [-0.15, -0.1) is 0 Å². The summed E-state index contributed by atoms with van der Waals surface area (Å²) in [5.74, 6) is -0.0646. The molecule has 110 valence electrons. The molecule has 0 fully saturated rings. The molecular formula is C14H20N2O4. The van der Waals surface area contributed by atoms with Gasteiger partial charge in [0.1, 0.15) is 0 Å². The zero-order chi connectivity index (χ0) is 15.3. The maximum atomic E-state index is 12.0. The fourth-order valence-electron chi connectivity index (χ4n) is 1.49. The van der Waals surface area contributed by atoms with Gasteiger partial charge in [-0.25, -0.2) is 0 Å². The number of methoxy groups -OCH3 is 1. The highest BCUT2D eigenvalue weighted by molar-refractivity contribution is 5.95. The lowest BCUT2D eigenvalue weighted by atomic mass is 10.1. The van der Waals surface area contributed by atoms with E-state index in [4.69, 9.17) is 15.2 Å². The van der Waals surface area contributed by atoms with Gasteiger partial charge < -0.3 is 20.5 Å². The summed E-state index contributed by atoms with van der Waals surface area (Å²) in [5.41, 5.74) is 5.13. The molecule has 3 N–H and O–H groups in total. The minimum absolute atomic E-state index is 0.211. The number of hydrogen-bond donors (Lipinski definition) is 2. The van der Waals surface area contributed by atoms with Gasteiger partial charge in [-0.2, -0.15) is 0 Å². The zero-order valence-electron chi connectivity index (χ0n) is 12.1. The van der Waals surface area contributed by atoms with Gasteiger partial charge in [0.05, 0.1) is 7.11 Å². The van der Waals surface area contributed by atoms with Crippen molar-refractivity contribution in [3.63, 3.8) is 0 Å². The molecular weight excluding hydrogens is 260 g/mol. The van der Waals surface area contributed by atoms with Crippen molar-refractivity contribution in [2.75, 3.05) is 13.7 Å². The van der Waals surface area contributed by atoms with Gasteiger partial charge in [0.2, 0.25) is 0 Å². The van der Waals surface area contributed by atoms with E-state index in [0.717, 1.165) is 0 Å². The first kappa shape index (κ1) is 15.8. The van der Waals surface area contributed by atoms with Gasteiger partial charge in [0, 0.05) is 11.1 Å². The van der Waals surface area contributed by atoms with Crippen LogP contribution in [0, 0.1) is 0 Å². The fourth-order valence-corrected chi connectivity index (χ4v) is 1.49. The third-order valence-electron chi connectivity index (χ3n) is 2.28. The molecule has 0 saturated carbocycles. The summed E-state index contributed by atoms with van der Waals surface area (Å²) < 4.78 is 10.3. The Morgan fingerprint density at radius 3 is 2.40 bits per heavy atom. The van der Waals surface area contributed by atoms with Gasteiger partial charge in [-0.3, -0.25) is 9.59 Å². The SMILES string of the molecule is COc1cc(C(=O)NC(C)(C)C)ccc1OCC(N)=O. The minimum Gasteiger partial charge on any atom is -0.493 e. The molecule has 0 aliphatic carbocycles. The molecule has 0 heterocycles. The average Bonchev–Trinajstić information content (AvgIpc) is 2.33. The Kier molecular flexibility index (Phi) is 4.96. The van der Waals surface area contributed by atoms with E-state index < -0.39 is 5.91 Å². The first-order valence-electron chi connectivity index (χ1n) is 6.14. The molecule has 1 rings (SSSR count). The molecule has 6 heteroatoms. The molecule has 1 aromatic rings. The van der Waals surface area contributed by atoms with Crippen LogP contribution in [0.3, 0.4) is 0 Å². The molecule has 0 aromatic heterocycles. The summed E-state index contributed by atoms with van der Waals surface area (Å²) in [7, 11) is 1.46. The Morgan fingerprint density at radius 2 is 1.90 bits per heavy atom. The summed E-state index contributed by atoms with van der Waals surface area (Å²) in [5, 5.41) is 2.85. The highest BCUT2D eigenvalue weighted by Crippen LogP contribution is 2.28. The number of ether oxygens (including phenoxy) is 2.